The Morgan fingerprint density at radius 1 is 1.07 bits per heavy atom. The number of nitrogens with zero attached hydrogens (tertiary/aromatic N) is 1. The zero-order chi connectivity index (χ0) is 9.80. The molecule has 1 saturated heterocycles. The summed E-state index contributed by atoms with van der Waals surface area (Å²) >= 11 is 0. The van der Waals surface area contributed by atoms with Gasteiger partial charge in [-0.3, -0.25) is 0 Å². The number of hydrogen-bond donors (Lipinski definition) is 1. The normalized spacial score (nSPS) is 29.1. The van der Waals surface area contributed by atoms with Gasteiger partial charge in [-0.25, -0.2) is 0 Å². The van der Waals surface area contributed by atoms with Crippen LogP contribution in [0.2, 0.25) is 0 Å². The van der Waals surface area contributed by atoms with Crippen LogP contribution < -0.4 is 5.32 Å². The minimum atomic E-state index is 0.765. The van der Waals surface area contributed by atoms with E-state index < -0.39 is 0 Å². The third kappa shape index (κ3) is 3.58. The molecule has 0 aromatic heterocycles. The molecule has 0 spiro atoms. The van der Waals surface area contributed by atoms with Crippen molar-refractivity contribution >= 4 is 0 Å². The first-order valence-electron chi connectivity index (χ1n) is 6.26. The average Bonchev–Trinajstić information content (AvgIpc) is 2.93. The Labute approximate surface area is 88.1 Å². The average molecular weight is 196 g/mol. The van der Waals surface area contributed by atoms with E-state index in [4.69, 9.17) is 0 Å². The van der Waals surface area contributed by atoms with Crippen molar-refractivity contribution in [1.82, 2.24) is 10.2 Å². The van der Waals surface area contributed by atoms with E-state index in [1.54, 1.807) is 0 Å². The van der Waals surface area contributed by atoms with E-state index in [0.717, 1.165) is 12.0 Å². The lowest BCUT2D eigenvalue weighted by Gasteiger charge is -2.23. The Morgan fingerprint density at radius 3 is 2.71 bits per heavy atom. The molecule has 0 amide bonds. The van der Waals surface area contributed by atoms with E-state index in [0.29, 0.717) is 0 Å². The lowest BCUT2D eigenvalue weighted by Crippen LogP contribution is -2.39. The molecule has 0 radical (unpaired) electrons. The third-order valence-corrected chi connectivity index (χ3v) is 3.46. The highest BCUT2D eigenvalue weighted by Crippen LogP contribution is 2.29. The summed E-state index contributed by atoms with van der Waals surface area (Å²) in [6.07, 6.45) is 8.56. The van der Waals surface area contributed by atoms with E-state index in [1.807, 2.05) is 0 Å². The minimum absolute atomic E-state index is 0.765. The molecule has 0 aromatic carbocycles. The van der Waals surface area contributed by atoms with Crippen molar-refractivity contribution in [2.75, 3.05) is 26.7 Å². The Bertz CT molecular complexity index is 158. The first-order valence-corrected chi connectivity index (χ1v) is 6.26. The van der Waals surface area contributed by atoms with Crippen molar-refractivity contribution in [2.24, 2.45) is 5.92 Å². The van der Waals surface area contributed by atoms with Gasteiger partial charge in [0.05, 0.1) is 0 Å². The van der Waals surface area contributed by atoms with Crippen LogP contribution in [0.15, 0.2) is 0 Å². The topological polar surface area (TPSA) is 15.3 Å². The Hall–Kier alpha value is -0.0800. The second-order valence-electron chi connectivity index (χ2n) is 5.16. The van der Waals surface area contributed by atoms with Crippen LogP contribution in [-0.2, 0) is 0 Å². The van der Waals surface area contributed by atoms with Gasteiger partial charge in [-0.05, 0) is 45.2 Å². The van der Waals surface area contributed by atoms with Crippen LogP contribution in [0.3, 0.4) is 0 Å². The van der Waals surface area contributed by atoms with Gasteiger partial charge in [-0.1, -0.05) is 12.8 Å². The van der Waals surface area contributed by atoms with Gasteiger partial charge < -0.3 is 10.2 Å². The highest BCUT2D eigenvalue weighted by Gasteiger charge is 2.23. The SMILES string of the molecule is CN(CC1CC1)CC1CCCCCN1. The molecule has 2 aliphatic rings. The number of nitrogens with one attached hydrogen (secondary N) is 1. The lowest BCUT2D eigenvalue weighted by molar-refractivity contribution is 0.276. The third-order valence-electron chi connectivity index (χ3n) is 3.46. The summed E-state index contributed by atoms with van der Waals surface area (Å²) in [5, 5.41) is 3.66. The molecule has 1 atom stereocenters. The van der Waals surface area contributed by atoms with Crippen LogP contribution in [0, 0.1) is 5.92 Å². The molecule has 2 rings (SSSR count). The van der Waals surface area contributed by atoms with Crippen LogP contribution in [0.5, 0.6) is 0 Å². The van der Waals surface area contributed by atoms with Crippen molar-refractivity contribution < 1.29 is 0 Å². The molecular weight excluding hydrogens is 172 g/mol. The molecular formula is C12H24N2. The van der Waals surface area contributed by atoms with Crippen molar-refractivity contribution in [3.05, 3.63) is 0 Å². The second kappa shape index (κ2) is 5.13. The molecule has 2 nitrogen and oxygen atoms in total. The van der Waals surface area contributed by atoms with Gasteiger partial charge in [-0.15, -0.1) is 0 Å². The highest BCUT2D eigenvalue weighted by molar-refractivity contribution is 4.79. The summed E-state index contributed by atoms with van der Waals surface area (Å²) in [7, 11) is 2.28. The van der Waals surface area contributed by atoms with Gasteiger partial charge in [0.1, 0.15) is 0 Å². The predicted octanol–water partition coefficient (Wildman–Crippen LogP) is 1.86. The molecule has 14 heavy (non-hydrogen) atoms. The first-order chi connectivity index (χ1) is 6.84. The number of hydrogen-bond acceptors (Lipinski definition) is 2. The molecule has 1 saturated carbocycles. The lowest BCUT2D eigenvalue weighted by atomic mass is 10.1. The van der Waals surface area contributed by atoms with Crippen molar-refractivity contribution in [3.8, 4) is 0 Å². The van der Waals surface area contributed by atoms with Gasteiger partial charge in [0, 0.05) is 19.1 Å². The summed E-state index contributed by atoms with van der Waals surface area (Å²) in [6, 6.07) is 0.765. The molecule has 1 heterocycles. The monoisotopic (exact) mass is 196 g/mol. The van der Waals surface area contributed by atoms with Crippen LogP contribution in [0.1, 0.15) is 38.5 Å². The predicted molar refractivity (Wildman–Crippen MR) is 60.5 cm³/mol. The molecule has 2 fully saturated rings. The van der Waals surface area contributed by atoms with Crippen LogP contribution >= 0.6 is 0 Å². The van der Waals surface area contributed by atoms with Gasteiger partial charge in [-0.2, -0.15) is 0 Å². The highest BCUT2D eigenvalue weighted by atomic mass is 15.1. The number of rotatable bonds is 4. The Balaban J connectivity index is 1.65. The Kier molecular flexibility index (Phi) is 3.82. The van der Waals surface area contributed by atoms with Gasteiger partial charge in [0.2, 0.25) is 0 Å². The van der Waals surface area contributed by atoms with Crippen LogP contribution in [-0.4, -0.2) is 37.6 Å². The number of likely N-dealkylation sites (N-methyl/N-ethyl adjacent to an activating group) is 1. The fraction of sp³-hybridized carbons (Fsp3) is 1.00. The molecule has 82 valence electrons. The van der Waals surface area contributed by atoms with Crippen LogP contribution in [0.4, 0.5) is 0 Å². The minimum Gasteiger partial charge on any atom is -0.313 e. The van der Waals surface area contributed by atoms with E-state index in [2.05, 4.69) is 17.3 Å². The summed E-state index contributed by atoms with van der Waals surface area (Å²) in [5.74, 6) is 1.03. The zero-order valence-electron chi connectivity index (χ0n) is 9.47. The zero-order valence-corrected chi connectivity index (χ0v) is 9.47. The molecule has 1 aliphatic heterocycles. The maximum absolute atomic E-state index is 3.66. The van der Waals surface area contributed by atoms with Crippen molar-refractivity contribution in [3.63, 3.8) is 0 Å². The van der Waals surface area contributed by atoms with Gasteiger partial charge in [0.15, 0.2) is 0 Å². The Morgan fingerprint density at radius 2 is 1.93 bits per heavy atom. The maximum atomic E-state index is 3.66. The van der Waals surface area contributed by atoms with Crippen LogP contribution in [0.25, 0.3) is 0 Å². The fourth-order valence-corrected chi connectivity index (χ4v) is 2.45. The second-order valence-corrected chi connectivity index (χ2v) is 5.16. The largest absolute Gasteiger partial charge is 0.313 e. The van der Waals surface area contributed by atoms with E-state index in [9.17, 15) is 0 Å². The molecule has 1 aliphatic carbocycles. The van der Waals surface area contributed by atoms with Crippen molar-refractivity contribution in [1.29, 1.82) is 0 Å². The maximum Gasteiger partial charge on any atom is 0.0194 e. The molecule has 1 N–H and O–H groups in total. The standard InChI is InChI=1S/C12H24N2/c1-14(9-11-6-7-11)10-12-5-3-2-4-8-13-12/h11-13H,2-10H2,1H3. The van der Waals surface area contributed by atoms with E-state index in [-0.39, 0.29) is 0 Å². The van der Waals surface area contributed by atoms with E-state index in [1.165, 1.54) is 58.2 Å². The van der Waals surface area contributed by atoms with Crippen molar-refractivity contribution in [2.45, 2.75) is 44.6 Å². The molecule has 1 unspecified atom stereocenters. The fourth-order valence-electron chi connectivity index (χ4n) is 2.45. The molecule has 0 aromatic rings. The molecule has 2 heteroatoms. The smallest absolute Gasteiger partial charge is 0.0194 e. The van der Waals surface area contributed by atoms with E-state index >= 15 is 0 Å². The summed E-state index contributed by atoms with van der Waals surface area (Å²) in [6.45, 7) is 3.83. The van der Waals surface area contributed by atoms with Gasteiger partial charge >= 0.3 is 0 Å². The summed E-state index contributed by atoms with van der Waals surface area (Å²) < 4.78 is 0. The molecule has 0 bridgehead atoms. The quantitative estimate of drug-likeness (QED) is 0.738. The van der Waals surface area contributed by atoms with Gasteiger partial charge in [0.25, 0.3) is 0 Å². The summed E-state index contributed by atoms with van der Waals surface area (Å²) in [4.78, 5) is 2.53. The summed E-state index contributed by atoms with van der Waals surface area (Å²) in [5.41, 5.74) is 0. The first kappa shape index (κ1) is 10.4.